The Bertz CT molecular complexity index is 273. The molecule has 1 aliphatic carbocycles. The molecule has 0 aromatic heterocycles. The third-order valence-corrected chi connectivity index (χ3v) is 3.77. The van der Waals surface area contributed by atoms with Gasteiger partial charge in [0.2, 0.25) is 0 Å². The summed E-state index contributed by atoms with van der Waals surface area (Å²) in [6.45, 7) is 7.33. The van der Waals surface area contributed by atoms with Gasteiger partial charge in [0.1, 0.15) is 0 Å². The Morgan fingerprint density at radius 3 is 2.80 bits per heavy atom. The van der Waals surface area contributed by atoms with E-state index in [2.05, 4.69) is 22.2 Å². The van der Waals surface area contributed by atoms with Gasteiger partial charge in [0.05, 0.1) is 0 Å². The number of aliphatic imine (C=N–C) groups is 1. The molecule has 118 valence electrons. The van der Waals surface area contributed by atoms with Crippen molar-refractivity contribution in [3.05, 3.63) is 12.7 Å². The summed E-state index contributed by atoms with van der Waals surface area (Å²) in [5.41, 5.74) is 0. The zero-order valence-corrected chi connectivity index (χ0v) is 15.5. The highest BCUT2D eigenvalue weighted by Gasteiger charge is 2.20. The Hall–Kier alpha value is 0.0500. The van der Waals surface area contributed by atoms with Crippen molar-refractivity contribution in [3.63, 3.8) is 0 Å². The maximum atomic E-state index is 5.59. The van der Waals surface area contributed by atoms with Gasteiger partial charge in [-0.05, 0) is 25.2 Å². The van der Waals surface area contributed by atoms with Crippen LogP contribution in [0.4, 0.5) is 0 Å². The lowest BCUT2D eigenvalue weighted by molar-refractivity contribution is 0.123. The lowest BCUT2D eigenvalue weighted by Crippen LogP contribution is -2.39. The maximum absolute atomic E-state index is 5.59. The van der Waals surface area contributed by atoms with Crippen LogP contribution in [0.1, 0.15) is 19.3 Å². The summed E-state index contributed by atoms with van der Waals surface area (Å²) in [5, 5.41) is 6.58. The molecule has 0 radical (unpaired) electrons. The standard InChI is InChI=1S/C14H27N3OS.HI/c1-3-10-19-11-8-17-14(15-2)16-7-4-9-18-12-13-5-6-13;/h3,13H,1,4-12H2,2H3,(H2,15,16,17);1H. The average molecular weight is 413 g/mol. The summed E-state index contributed by atoms with van der Waals surface area (Å²) >= 11 is 1.87. The molecule has 1 fully saturated rings. The van der Waals surface area contributed by atoms with Crippen LogP contribution in [0.2, 0.25) is 0 Å². The van der Waals surface area contributed by atoms with Gasteiger partial charge < -0.3 is 15.4 Å². The Labute approximate surface area is 144 Å². The quantitative estimate of drug-likeness (QED) is 0.180. The molecular formula is C14H28IN3OS. The molecule has 0 amide bonds. The number of ether oxygens (including phenoxy) is 1. The number of nitrogens with zero attached hydrogens (tertiary/aromatic N) is 1. The first-order chi connectivity index (χ1) is 9.36. The highest BCUT2D eigenvalue weighted by Crippen LogP contribution is 2.28. The minimum atomic E-state index is 0. The van der Waals surface area contributed by atoms with E-state index in [0.29, 0.717) is 0 Å². The smallest absolute Gasteiger partial charge is 0.191 e. The van der Waals surface area contributed by atoms with Gasteiger partial charge in [0.15, 0.2) is 5.96 Å². The van der Waals surface area contributed by atoms with Crippen LogP contribution in [0, 0.1) is 5.92 Å². The van der Waals surface area contributed by atoms with Crippen molar-refractivity contribution in [2.45, 2.75) is 19.3 Å². The van der Waals surface area contributed by atoms with E-state index in [1.54, 1.807) is 7.05 Å². The fourth-order valence-corrected chi connectivity index (χ4v) is 2.12. The molecule has 0 aromatic rings. The maximum Gasteiger partial charge on any atom is 0.191 e. The summed E-state index contributed by atoms with van der Waals surface area (Å²) in [6, 6.07) is 0. The van der Waals surface area contributed by atoms with Crippen LogP contribution in [0.15, 0.2) is 17.6 Å². The van der Waals surface area contributed by atoms with Crippen LogP contribution in [-0.4, -0.2) is 50.8 Å². The van der Waals surface area contributed by atoms with Crippen LogP contribution in [0.25, 0.3) is 0 Å². The highest BCUT2D eigenvalue weighted by atomic mass is 127. The summed E-state index contributed by atoms with van der Waals surface area (Å²) in [6.07, 6.45) is 5.68. The molecule has 0 aromatic carbocycles. The largest absolute Gasteiger partial charge is 0.381 e. The van der Waals surface area contributed by atoms with Crippen LogP contribution < -0.4 is 10.6 Å². The fourth-order valence-electron chi connectivity index (χ4n) is 1.54. The number of hydrogen-bond acceptors (Lipinski definition) is 3. The second-order valence-electron chi connectivity index (χ2n) is 4.66. The number of hydrogen-bond donors (Lipinski definition) is 2. The molecule has 0 unspecified atom stereocenters. The summed E-state index contributed by atoms with van der Waals surface area (Å²) < 4.78 is 5.59. The van der Waals surface area contributed by atoms with Gasteiger partial charge in [-0.3, -0.25) is 4.99 Å². The van der Waals surface area contributed by atoms with Gasteiger partial charge in [-0.15, -0.1) is 30.6 Å². The number of thioether (sulfide) groups is 1. The third kappa shape index (κ3) is 11.8. The number of nitrogens with one attached hydrogen (secondary N) is 2. The average Bonchev–Trinajstić information content (AvgIpc) is 3.24. The zero-order chi connectivity index (χ0) is 13.8. The third-order valence-electron chi connectivity index (χ3n) is 2.81. The molecule has 4 nitrogen and oxygen atoms in total. The highest BCUT2D eigenvalue weighted by molar-refractivity contribution is 14.0. The molecule has 0 atom stereocenters. The van der Waals surface area contributed by atoms with Gasteiger partial charge in [-0.25, -0.2) is 0 Å². The number of halogens is 1. The van der Waals surface area contributed by atoms with Crippen LogP contribution >= 0.6 is 35.7 Å². The van der Waals surface area contributed by atoms with Gasteiger partial charge >= 0.3 is 0 Å². The monoisotopic (exact) mass is 413 g/mol. The normalized spacial score (nSPS) is 14.6. The first-order valence-electron chi connectivity index (χ1n) is 7.07. The topological polar surface area (TPSA) is 45.7 Å². The van der Waals surface area contributed by atoms with Crippen molar-refractivity contribution in [2.75, 3.05) is 44.9 Å². The molecular weight excluding hydrogens is 385 g/mol. The minimum absolute atomic E-state index is 0. The molecule has 0 saturated heterocycles. The van der Waals surface area contributed by atoms with E-state index in [1.165, 1.54) is 12.8 Å². The number of guanidine groups is 1. The SMILES string of the molecule is C=CCSCCNC(=NC)NCCCOCC1CC1.I. The summed E-state index contributed by atoms with van der Waals surface area (Å²) in [7, 11) is 1.80. The van der Waals surface area contributed by atoms with Gasteiger partial charge in [-0.2, -0.15) is 11.8 Å². The molecule has 0 heterocycles. The van der Waals surface area contributed by atoms with E-state index < -0.39 is 0 Å². The summed E-state index contributed by atoms with van der Waals surface area (Å²) in [4.78, 5) is 4.19. The lowest BCUT2D eigenvalue weighted by Gasteiger charge is -2.11. The molecule has 2 N–H and O–H groups in total. The Morgan fingerprint density at radius 1 is 1.40 bits per heavy atom. The molecule has 1 aliphatic rings. The second-order valence-corrected chi connectivity index (χ2v) is 5.81. The van der Waals surface area contributed by atoms with Crippen LogP contribution in [0.5, 0.6) is 0 Å². The first kappa shape index (κ1) is 20.1. The van der Waals surface area contributed by atoms with Gasteiger partial charge in [0, 0.05) is 44.9 Å². The number of rotatable bonds is 11. The van der Waals surface area contributed by atoms with Crippen molar-refractivity contribution >= 4 is 41.7 Å². The van der Waals surface area contributed by atoms with Crippen molar-refractivity contribution < 1.29 is 4.74 Å². The van der Waals surface area contributed by atoms with Crippen molar-refractivity contribution in [2.24, 2.45) is 10.9 Å². The van der Waals surface area contributed by atoms with E-state index in [-0.39, 0.29) is 24.0 Å². The Kier molecular flexibility index (Phi) is 14.0. The van der Waals surface area contributed by atoms with E-state index >= 15 is 0 Å². The van der Waals surface area contributed by atoms with Crippen LogP contribution in [-0.2, 0) is 4.74 Å². The van der Waals surface area contributed by atoms with E-state index in [0.717, 1.165) is 56.1 Å². The molecule has 1 rings (SSSR count). The Balaban J connectivity index is 0.00000361. The van der Waals surface area contributed by atoms with E-state index in [9.17, 15) is 0 Å². The molecule has 0 bridgehead atoms. The van der Waals surface area contributed by atoms with E-state index in [4.69, 9.17) is 4.74 Å². The van der Waals surface area contributed by atoms with Crippen molar-refractivity contribution in [1.82, 2.24) is 10.6 Å². The van der Waals surface area contributed by atoms with Crippen molar-refractivity contribution in [1.29, 1.82) is 0 Å². The molecule has 1 saturated carbocycles. The predicted octanol–water partition coefficient (Wildman–Crippen LogP) is 2.51. The fraction of sp³-hybridized carbons (Fsp3) is 0.786. The Morgan fingerprint density at radius 2 is 2.15 bits per heavy atom. The molecule has 20 heavy (non-hydrogen) atoms. The molecule has 0 aliphatic heterocycles. The van der Waals surface area contributed by atoms with Crippen LogP contribution in [0.3, 0.4) is 0 Å². The molecule has 6 heteroatoms. The molecule has 0 spiro atoms. The minimum Gasteiger partial charge on any atom is -0.381 e. The first-order valence-corrected chi connectivity index (χ1v) is 8.23. The zero-order valence-electron chi connectivity index (χ0n) is 12.4. The van der Waals surface area contributed by atoms with Crippen molar-refractivity contribution in [3.8, 4) is 0 Å². The predicted molar refractivity (Wildman–Crippen MR) is 100 cm³/mol. The van der Waals surface area contributed by atoms with Gasteiger partial charge in [0.25, 0.3) is 0 Å². The second kappa shape index (κ2) is 14.0. The lowest BCUT2D eigenvalue weighted by atomic mass is 10.4. The van der Waals surface area contributed by atoms with Gasteiger partial charge in [-0.1, -0.05) is 6.08 Å². The summed E-state index contributed by atoms with van der Waals surface area (Å²) in [5.74, 6) is 3.81. The van der Waals surface area contributed by atoms with E-state index in [1.807, 2.05) is 17.8 Å².